The number of hydrazine groups is 1. The molecule has 2 fully saturated rings. The van der Waals surface area contributed by atoms with Gasteiger partial charge in [-0.3, -0.25) is 15.1 Å². The Morgan fingerprint density at radius 1 is 1.35 bits per heavy atom. The van der Waals surface area contributed by atoms with Crippen molar-refractivity contribution in [2.24, 2.45) is 11.8 Å². The number of nitrogens with zero attached hydrogens (tertiary/aromatic N) is 1. The molecule has 1 unspecified atom stereocenters. The highest BCUT2D eigenvalue weighted by atomic mass is 16.5. The van der Waals surface area contributed by atoms with Gasteiger partial charge in [-0.05, 0) is 44.8 Å². The number of benzene rings is 1. The molecule has 2 heterocycles. The molecule has 0 spiro atoms. The van der Waals surface area contributed by atoms with Gasteiger partial charge in [0.15, 0.2) is 11.5 Å². The molecule has 144 valence electrons. The largest absolute Gasteiger partial charge is 0.493 e. The molecule has 0 bridgehead atoms. The summed E-state index contributed by atoms with van der Waals surface area (Å²) in [6.07, 6.45) is 3.94. The van der Waals surface area contributed by atoms with Crippen LogP contribution in [0.15, 0.2) is 18.2 Å². The summed E-state index contributed by atoms with van der Waals surface area (Å²) in [6.45, 7) is 3.86. The molecule has 0 aliphatic carbocycles. The molecule has 0 aromatic heterocycles. The van der Waals surface area contributed by atoms with Crippen LogP contribution in [-0.2, 0) is 16.1 Å². The molecule has 26 heavy (non-hydrogen) atoms. The standard InChI is InChI=1S/C19H29N3O4/c1-24-17-6-2-4-15(18(17)26-13-16-5-3-11-25-16)12-22-9-7-14(8-10-22)19(23)21-20/h2,4,6,14,16H,3,5,7-13,20H2,1H3,(H,21,23). The van der Waals surface area contributed by atoms with Gasteiger partial charge in [-0.1, -0.05) is 12.1 Å². The summed E-state index contributed by atoms with van der Waals surface area (Å²) < 4.78 is 17.3. The first-order valence-electron chi connectivity index (χ1n) is 9.34. The Bertz CT molecular complexity index is 596. The van der Waals surface area contributed by atoms with Gasteiger partial charge in [-0.15, -0.1) is 0 Å². The number of methoxy groups -OCH3 is 1. The second-order valence-electron chi connectivity index (χ2n) is 6.95. The quantitative estimate of drug-likeness (QED) is 0.433. The maximum Gasteiger partial charge on any atom is 0.237 e. The Kier molecular flexibility index (Phi) is 6.71. The normalized spacial score (nSPS) is 21.5. The number of para-hydroxylation sites is 1. The van der Waals surface area contributed by atoms with Gasteiger partial charge < -0.3 is 14.2 Å². The van der Waals surface area contributed by atoms with Crippen LogP contribution in [0.25, 0.3) is 0 Å². The summed E-state index contributed by atoms with van der Waals surface area (Å²) >= 11 is 0. The fraction of sp³-hybridized carbons (Fsp3) is 0.632. The number of carbonyl (C=O) groups excluding carboxylic acids is 1. The molecule has 2 aliphatic rings. The smallest absolute Gasteiger partial charge is 0.237 e. The van der Waals surface area contributed by atoms with Gasteiger partial charge in [-0.2, -0.15) is 0 Å². The van der Waals surface area contributed by atoms with Crippen LogP contribution in [0, 0.1) is 5.92 Å². The zero-order valence-electron chi connectivity index (χ0n) is 15.4. The minimum atomic E-state index is -0.0633. The second-order valence-corrected chi connectivity index (χ2v) is 6.95. The maximum absolute atomic E-state index is 11.7. The number of likely N-dealkylation sites (tertiary alicyclic amines) is 1. The summed E-state index contributed by atoms with van der Waals surface area (Å²) in [7, 11) is 1.66. The van der Waals surface area contributed by atoms with E-state index >= 15 is 0 Å². The Hall–Kier alpha value is -1.83. The van der Waals surface area contributed by atoms with Gasteiger partial charge in [-0.25, -0.2) is 5.84 Å². The molecule has 3 N–H and O–H groups in total. The molecule has 0 saturated carbocycles. The molecule has 2 aliphatic heterocycles. The van der Waals surface area contributed by atoms with E-state index in [-0.39, 0.29) is 17.9 Å². The Morgan fingerprint density at radius 2 is 2.15 bits per heavy atom. The van der Waals surface area contributed by atoms with Crippen molar-refractivity contribution >= 4 is 5.91 Å². The van der Waals surface area contributed by atoms with Crippen molar-refractivity contribution in [3.05, 3.63) is 23.8 Å². The molecular formula is C19H29N3O4. The molecule has 2 saturated heterocycles. The van der Waals surface area contributed by atoms with Crippen LogP contribution >= 0.6 is 0 Å². The molecule has 7 heteroatoms. The Morgan fingerprint density at radius 3 is 2.81 bits per heavy atom. The van der Waals surface area contributed by atoms with Crippen LogP contribution in [0.4, 0.5) is 0 Å². The van der Waals surface area contributed by atoms with Crippen molar-refractivity contribution < 1.29 is 19.0 Å². The van der Waals surface area contributed by atoms with Crippen LogP contribution < -0.4 is 20.7 Å². The lowest BCUT2D eigenvalue weighted by Crippen LogP contribution is -2.42. The number of rotatable bonds is 7. The highest BCUT2D eigenvalue weighted by Crippen LogP contribution is 2.33. The lowest BCUT2D eigenvalue weighted by atomic mass is 9.96. The number of amides is 1. The topological polar surface area (TPSA) is 86.1 Å². The van der Waals surface area contributed by atoms with E-state index in [1.54, 1.807) is 7.11 Å². The number of hydrogen-bond acceptors (Lipinski definition) is 6. The highest BCUT2D eigenvalue weighted by Gasteiger charge is 2.25. The third-order valence-corrected chi connectivity index (χ3v) is 5.21. The zero-order chi connectivity index (χ0) is 18.4. The predicted molar refractivity (Wildman–Crippen MR) is 97.8 cm³/mol. The van der Waals surface area contributed by atoms with Crippen molar-refractivity contribution in [3.63, 3.8) is 0 Å². The van der Waals surface area contributed by atoms with Crippen LogP contribution in [0.5, 0.6) is 11.5 Å². The van der Waals surface area contributed by atoms with Gasteiger partial charge in [0.25, 0.3) is 0 Å². The summed E-state index contributed by atoms with van der Waals surface area (Å²) in [5, 5.41) is 0. The number of piperidine rings is 1. The van der Waals surface area contributed by atoms with Gasteiger partial charge in [0.1, 0.15) is 6.61 Å². The summed E-state index contributed by atoms with van der Waals surface area (Å²) in [4.78, 5) is 14.0. The van der Waals surface area contributed by atoms with E-state index < -0.39 is 0 Å². The number of nitrogens with two attached hydrogens (primary N) is 1. The third-order valence-electron chi connectivity index (χ3n) is 5.21. The van der Waals surface area contributed by atoms with E-state index in [1.165, 1.54) is 0 Å². The summed E-state index contributed by atoms with van der Waals surface area (Å²) in [5.74, 6) is 6.74. The monoisotopic (exact) mass is 363 g/mol. The lowest BCUT2D eigenvalue weighted by Gasteiger charge is -2.31. The molecule has 1 amide bonds. The Balaban J connectivity index is 1.62. The molecule has 1 atom stereocenters. The first-order chi connectivity index (χ1) is 12.7. The van der Waals surface area contributed by atoms with Crippen LogP contribution in [0.1, 0.15) is 31.2 Å². The lowest BCUT2D eigenvalue weighted by molar-refractivity contribution is -0.126. The maximum atomic E-state index is 11.7. The SMILES string of the molecule is COc1cccc(CN2CCC(C(=O)NN)CC2)c1OCC1CCCO1. The number of carbonyl (C=O) groups is 1. The van der Waals surface area contributed by atoms with E-state index in [0.717, 1.165) is 69.0 Å². The fourth-order valence-electron chi connectivity index (χ4n) is 3.67. The number of ether oxygens (including phenoxy) is 3. The number of hydrogen-bond donors (Lipinski definition) is 2. The van der Waals surface area contributed by atoms with Gasteiger partial charge in [0.05, 0.1) is 13.2 Å². The summed E-state index contributed by atoms with van der Waals surface area (Å²) in [6, 6.07) is 5.99. The Labute approximate surface area is 154 Å². The van der Waals surface area contributed by atoms with E-state index in [0.29, 0.717) is 6.61 Å². The van der Waals surface area contributed by atoms with Crippen molar-refractivity contribution in [1.29, 1.82) is 0 Å². The molecule has 7 nitrogen and oxygen atoms in total. The van der Waals surface area contributed by atoms with E-state index in [2.05, 4.69) is 16.4 Å². The average Bonchev–Trinajstić information content (AvgIpc) is 3.20. The van der Waals surface area contributed by atoms with Crippen LogP contribution in [0.2, 0.25) is 0 Å². The second kappa shape index (κ2) is 9.21. The fourth-order valence-corrected chi connectivity index (χ4v) is 3.67. The minimum Gasteiger partial charge on any atom is -0.493 e. The van der Waals surface area contributed by atoms with Crippen LogP contribution in [-0.4, -0.2) is 50.3 Å². The van der Waals surface area contributed by atoms with Crippen molar-refractivity contribution in [2.45, 2.75) is 38.3 Å². The highest BCUT2D eigenvalue weighted by molar-refractivity contribution is 5.78. The first-order valence-corrected chi connectivity index (χ1v) is 9.34. The average molecular weight is 363 g/mol. The van der Waals surface area contributed by atoms with Gasteiger partial charge in [0, 0.05) is 24.6 Å². The van der Waals surface area contributed by atoms with E-state index in [4.69, 9.17) is 20.1 Å². The van der Waals surface area contributed by atoms with Crippen LogP contribution in [0.3, 0.4) is 0 Å². The van der Waals surface area contributed by atoms with Gasteiger partial charge >= 0.3 is 0 Å². The first kappa shape index (κ1) is 18.9. The summed E-state index contributed by atoms with van der Waals surface area (Å²) in [5.41, 5.74) is 3.36. The zero-order valence-corrected chi connectivity index (χ0v) is 15.4. The molecule has 1 aromatic rings. The van der Waals surface area contributed by atoms with Crippen molar-refractivity contribution in [3.8, 4) is 11.5 Å². The van der Waals surface area contributed by atoms with Gasteiger partial charge in [0.2, 0.25) is 5.91 Å². The van der Waals surface area contributed by atoms with E-state index in [1.807, 2.05) is 12.1 Å². The molecular weight excluding hydrogens is 334 g/mol. The van der Waals surface area contributed by atoms with Crippen molar-refractivity contribution in [1.82, 2.24) is 10.3 Å². The molecule has 1 aromatic carbocycles. The molecule has 0 radical (unpaired) electrons. The van der Waals surface area contributed by atoms with Crippen molar-refractivity contribution in [2.75, 3.05) is 33.4 Å². The minimum absolute atomic E-state index is 0.0109. The third kappa shape index (κ3) is 4.66. The molecule has 3 rings (SSSR count). The van der Waals surface area contributed by atoms with E-state index in [9.17, 15) is 4.79 Å². The predicted octanol–water partition coefficient (Wildman–Crippen LogP) is 1.45. The number of nitrogens with one attached hydrogen (secondary N) is 1.